The summed E-state index contributed by atoms with van der Waals surface area (Å²) in [7, 11) is 1.90. The number of aromatic nitrogens is 1. The Morgan fingerprint density at radius 1 is 1.25 bits per heavy atom. The van der Waals surface area contributed by atoms with Gasteiger partial charge in [0.2, 0.25) is 0 Å². The Kier molecular flexibility index (Phi) is 4.16. The maximum absolute atomic E-state index is 4.17. The highest BCUT2D eigenvalue weighted by Crippen LogP contribution is 2.25. The summed E-state index contributed by atoms with van der Waals surface area (Å²) < 4.78 is 0. The molecule has 1 aromatic rings. The lowest BCUT2D eigenvalue weighted by atomic mass is 9.82. The van der Waals surface area contributed by atoms with Gasteiger partial charge in [0, 0.05) is 13.6 Å². The average molecular weight is 221 g/mol. The molecule has 0 bridgehead atoms. The molecule has 16 heavy (non-hydrogen) atoms. The minimum absolute atomic E-state index is 0.334. The molecule has 0 spiro atoms. The second-order valence-electron chi connectivity index (χ2n) is 5.36. The third-order valence-corrected chi connectivity index (χ3v) is 3.12. The van der Waals surface area contributed by atoms with Gasteiger partial charge in [-0.3, -0.25) is 4.98 Å². The van der Waals surface area contributed by atoms with Crippen LogP contribution in [0.2, 0.25) is 0 Å². The van der Waals surface area contributed by atoms with Gasteiger partial charge in [0.25, 0.3) is 0 Å². The van der Waals surface area contributed by atoms with E-state index in [1.54, 1.807) is 0 Å². The van der Waals surface area contributed by atoms with Crippen molar-refractivity contribution in [1.82, 2.24) is 4.98 Å². The molecular formula is C13H23N3. The van der Waals surface area contributed by atoms with Crippen LogP contribution in [0.15, 0.2) is 18.5 Å². The van der Waals surface area contributed by atoms with E-state index >= 15 is 0 Å². The number of rotatable bonds is 4. The smallest absolute Gasteiger partial charge is 0.0547 e. The molecule has 1 unspecified atom stereocenters. The molecule has 2 N–H and O–H groups in total. The zero-order valence-electron chi connectivity index (χ0n) is 11.0. The highest BCUT2D eigenvalue weighted by atomic mass is 14.9. The number of nitrogens with zero attached hydrogens (tertiary/aromatic N) is 1. The van der Waals surface area contributed by atoms with Gasteiger partial charge < -0.3 is 10.6 Å². The third kappa shape index (κ3) is 3.72. The first-order chi connectivity index (χ1) is 7.43. The molecule has 0 aliphatic heterocycles. The van der Waals surface area contributed by atoms with Crippen molar-refractivity contribution in [2.24, 2.45) is 11.3 Å². The molecule has 0 aliphatic carbocycles. The van der Waals surface area contributed by atoms with Crippen LogP contribution in [0.4, 0.5) is 11.4 Å². The van der Waals surface area contributed by atoms with E-state index in [2.05, 4.69) is 49.4 Å². The third-order valence-electron chi connectivity index (χ3n) is 3.12. The van der Waals surface area contributed by atoms with Crippen LogP contribution in [-0.2, 0) is 0 Å². The molecule has 1 atom stereocenters. The van der Waals surface area contributed by atoms with Crippen molar-refractivity contribution < 1.29 is 0 Å². The fourth-order valence-electron chi connectivity index (χ4n) is 1.25. The predicted molar refractivity (Wildman–Crippen MR) is 70.9 cm³/mol. The van der Waals surface area contributed by atoms with Crippen LogP contribution in [-0.4, -0.2) is 18.6 Å². The van der Waals surface area contributed by atoms with E-state index in [-0.39, 0.29) is 0 Å². The Morgan fingerprint density at radius 2 is 1.88 bits per heavy atom. The van der Waals surface area contributed by atoms with Gasteiger partial charge in [0.05, 0.1) is 23.8 Å². The summed E-state index contributed by atoms with van der Waals surface area (Å²) in [5.74, 6) is 0.616. The molecular weight excluding hydrogens is 198 g/mol. The first-order valence-electron chi connectivity index (χ1n) is 5.80. The fraction of sp³-hybridized carbons (Fsp3) is 0.615. The van der Waals surface area contributed by atoms with Gasteiger partial charge in [-0.05, 0) is 17.4 Å². The van der Waals surface area contributed by atoms with Crippen LogP contribution < -0.4 is 10.6 Å². The summed E-state index contributed by atoms with van der Waals surface area (Å²) in [6, 6.07) is 2.07. The maximum Gasteiger partial charge on any atom is 0.0547 e. The Hall–Kier alpha value is -1.25. The molecule has 0 saturated carbocycles. The second-order valence-corrected chi connectivity index (χ2v) is 5.36. The van der Waals surface area contributed by atoms with Gasteiger partial charge in [-0.25, -0.2) is 0 Å². The lowest BCUT2D eigenvalue weighted by Crippen LogP contribution is -2.24. The predicted octanol–water partition coefficient (Wildman–Crippen LogP) is 3.22. The molecule has 0 aromatic carbocycles. The monoisotopic (exact) mass is 221 g/mol. The topological polar surface area (TPSA) is 37.0 Å². The van der Waals surface area contributed by atoms with E-state index in [4.69, 9.17) is 0 Å². The Morgan fingerprint density at radius 3 is 2.44 bits per heavy atom. The molecule has 3 heteroatoms. The van der Waals surface area contributed by atoms with Crippen molar-refractivity contribution in [3.63, 3.8) is 0 Å². The zero-order chi connectivity index (χ0) is 12.2. The number of pyridine rings is 1. The molecule has 0 fully saturated rings. The molecule has 1 heterocycles. The molecule has 1 aromatic heterocycles. The number of anilines is 2. The maximum atomic E-state index is 4.17. The summed E-state index contributed by atoms with van der Waals surface area (Å²) in [6.07, 6.45) is 3.68. The van der Waals surface area contributed by atoms with Crippen LogP contribution in [0.1, 0.15) is 27.7 Å². The number of hydrogen-bond donors (Lipinski definition) is 2. The van der Waals surface area contributed by atoms with Crippen LogP contribution in [0.3, 0.4) is 0 Å². The summed E-state index contributed by atoms with van der Waals surface area (Å²) in [4.78, 5) is 4.17. The van der Waals surface area contributed by atoms with Crippen molar-refractivity contribution >= 4 is 11.4 Å². The Balaban J connectivity index is 2.54. The quantitative estimate of drug-likeness (QED) is 0.819. The van der Waals surface area contributed by atoms with Crippen molar-refractivity contribution in [2.75, 3.05) is 24.2 Å². The Bertz CT molecular complexity index is 328. The SMILES string of the molecule is CNc1cncc(NCC(C)C(C)(C)C)c1. The fourth-order valence-corrected chi connectivity index (χ4v) is 1.25. The molecule has 3 nitrogen and oxygen atoms in total. The van der Waals surface area contributed by atoms with Crippen molar-refractivity contribution in [1.29, 1.82) is 0 Å². The Labute approximate surface area is 98.7 Å². The number of hydrogen-bond acceptors (Lipinski definition) is 3. The molecule has 0 amide bonds. The summed E-state index contributed by atoms with van der Waals surface area (Å²) in [6.45, 7) is 10.0. The zero-order valence-corrected chi connectivity index (χ0v) is 11.0. The number of nitrogens with one attached hydrogen (secondary N) is 2. The van der Waals surface area contributed by atoms with Crippen molar-refractivity contribution in [2.45, 2.75) is 27.7 Å². The van der Waals surface area contributed by atoms with Crippen LogP contribution >= 0.6 is 0 Å². The van der Waals surface area contributed by atoms with E-state index in [0.29, 0.717) is 11.3 Å². The summed E-state index contributed by atoms with van der Waals surface area (Å²) >= 11 is 0. The van der Waals surface area contributed by atoms with Crippen molar-refractivity contribution in [3.8, 4) is 0 Å². The first-order valence-corrected chi connectivity index (χ1v) is 5.80. The van der Waals surface area contributed by atoms with Gasteiger partial charge in [0.1, 0.15) is 0 Å². The van der Waals surface area contributed by atoms with E-state index in [9.17, 15) is 0 Å². The van der Waals surface area contributed by atoms with Crippen molar-refractivity contribution in [3.05, 3.63) is 18.5 Å². The first kappa shape index (κ1) is 12.8. The van der Waals surface area contributed by atoms with E-state index in [0.717, 1.165) is 17.9 Å². The van der Waals surface area contributed by atoms with Crippen LogP contribution in [0, 0.1) is 11.3 Å². The van der Waals surface area contributed by atoms with Gasteiger partial charge in [-0.2, -0.15) is 0 Å². The van der Waals surface area contributed by atoms with Gasteiger partial charge in [-0.1, -0.05) is 27.7 Å². The minimum atomic E-state index is 0.334. The van der Waals surface area contributed by atoms with Crippen LogP contribution in [0.25, 0.3) is 0 Å². The lowest BCUT2D eigenvalue weighted by Gasteiger charge is -2.27. The summed E-state index contributed by atoms with van der Waals surface area (Å²) in [5.41, 5.74) is 2.44. The normalized spacial score (nSPS) is 13.3. The molecule has 90 valence electrons. The van der Waals surface area contributed by atoms with E-state index < -0.39 is 0 Å². The van der Waals surface area contributed by atoms with Gasteiger partial charge in [-0.15, -0.1) is 0 Å². The molecule has 1 rings (SSSR count). The molecule has 0 saturated heterocycles. The summed E-state index contributed by atoms with van der Waals surface area (Å²) in [5, 5.41) is 6.51. The second kappa shape index (κ2) is 5.19. The van der Waals surface area contributed by atoms with Gasteiger partial charge in [0.15, 0.2) is 0 Å². The standard InChI is InChI=1S/C13H23N3/c1-10(13(2,3)4)7-16-12-6-11(14-5)8-15-9-12/h6,8-10,14,16H,7H2,1-5H3. The lowest BCUT2D eigenvalue weighted by molar-refractivity contribution is 0.274. The minimum Gasteiger partial charge on any atom is -0.387 e. The van der Waals surface area contributed by atoms with E-state index in [1.165, 1.54) is 0 Å². The molecule has 0 aliphatic rings. The van der Waals surface area contributed by atoms with Gasteiger partial charge >= 0.3 is 0 Å². The van der Waals surface area contributed by atoms with Crippen LogP contribution in [0.5, 0.6) is 0 Å². The van der Waals surface area contributed by atoms with E-state index in [1.807, 2.05) is 19.4 Å². The molecule has 0 radical (unpaired) electrons. The largest absolute Gasteiger partial charge is 0.387 e. The highest BCUT2D eigenvalue weighted by Gasteiger charge is 2.19. The highest BCUT2D eigenvalue weighted by molar-refractivity contribution is 5.53. The average Bonchev–Trinajstić information content (AvgIpc) is 2.25.